The smallest absolute Gasteiger partial charge is 0.393 e. The molecule has 74 valence electrons. The number of alkyl halides is 3. The minimum absolute atomic E-state index is 0.158. The van der Waals surface area contributed by atoms with Crippen LogP contribution in [0.25, 0.3) is 0 Å². The molecule has 1 aromatic rings. The van der Waals surface area contributed by atoms with Gasteiger partial charge in [0.25, 0.3) is 0 Å². The van der Waals surface area contributed by atoms with E-state index in [-0.39, 0.29) is 5.69 Å². The first-order valence-electron chi connectivity index (χ1n) is 3.36. The minimum Gasteiger partial charge on any atom is -0.393 e. The van der Waals surface area contributed by atoms with Crippen LogP contribution >= 0.6 is 0 Å². The molecule has 0 radical (unpaired) electrons. The van der Waals surface area contributed by atoms with E-state index < -0.39 is 24.6 Å². The second-order valence-corrected chi connectivity index (χ2v) is 2.40. The quantitative estimate of drug-likeness (QED) is 0.643. The molecule has 1 atom stereocenters. The summed E-state index contributed by atoms with van der Waals surface area (Å²) >= 11 is 0. The first kappa shape index (κ1) is 10.0. The Morgan fingerprint density at radius 3 is 2.54 bits per heavy atom. The highest BCUT2D eigenvalue weighted by Crippen LogP contribution is 2.28. The van der Waals surface area contributed by atoms with Crippen molar-refractivity contribution in [1.29, 1.82) is 0 Å². The predicted octanol–water partition coefficient (Wildman–Crippen LogP) is 0.454. The topological polar surface area (TPSA) is 69.1 Å². The summed E-state index contributed by atoms with van der Waals surface area (Å²) in [6.07, 6.45) is -5.90. The van der Waals surface area contributed by atoms with E-state index in [0.29, 0.717) is 6.07 Å². The molecule has 0 aliphatic heterocycles. The number of hydrogen-bond acceptors (Lipinski definition) is 3. The van der Waals surface area contributed by atoms with Crippen LogP contribution in [0.15, 0.2) is 6.07 Å². The largest absolute Gasteiger partial charge is 0.435 e. The molecule has 0 aromatic carbocycles. The lowest BCUT2D eigenvalue weighted by Gasteiger charge is -2.01. The molecule has 0 aliphatic carbocycles. The van der Waals surface area contributed by atoms with Crippen LogP contribution in [0.5, 0.6) is 0 Å². The van der Waals surface area contributed by atoms with Crippen molar-refractivity contribution in [2.24, 2.45) is 0 Å². The maximum absolute atomic E-state index is 11.9. The van der Waals surface area contributed by atoms with Crippen molar-refractivity contribution in [2.45, 2.75) is 12.3 Å². The number of halogens is 3. The highest BCUT2D eigenvalue weighted by Gasteiger charge is 2.34. The highest BCUT2D eigenvalue weighted by molar-refractivity contribution is 5.13. The first-order chi connectivity index (χ1) is 5.95. The standard InChI is InChI=1S/C6H7F3N2O2/c7-6(8,9)5-1-3(10-11-5)4(13)2-12/h1,4,12-13H,2H2,(H,10,11). The van der Waals surface area contributed by atoms with Crippen molar-refractivity contribution in [2.75, 3.05) is 6.61 Å². The van der Waals surface area contributed by atoms with Gasteiger partial charge in [-0.1, -0.05) is 0 Å². The molecule has 0 spiro atoms. The van der Waals surface area contributed by atoms with E-state index in [4.69, 9.17) is 10.2 Å². The van der Waals surface area contributed by atoms with Crippen LogP contribution in [0.4, 0.5) is 13.2 Å². The van der Waals surface area contributed by atoms with Gasteiger partial charge in [0.1, 0.15) is 6.10 Å². The molecule has 4 nitrogen and oxygen atoms in total. The number of rotatable bonds is 2. The average molecular weight is 196 g/mol. The molecule has 13 heavy (non-hydrogen) atoms. The van der Waals surface area contributed by atoms with E-state index in [2.05, 4.69) is 5.10 Å². The van der Waals surface area contributed by atoms with Gasteiger partial charge in [-0.2, -0.15) is 18.3 Å². The molecule has 0 aliphatic rings. The van der Waals surface area contributed by atoms with E-state index >= 15 is 0 Å². The van der Waals surface area contributed by atoms with Crippen LogP contribution in [0.1, 0.15) is 17.5 Å². The predicted molar refractivity (Wildman–Crippen MR) is 35.6 cm³/mol. The third kappa shape index (κ3) is 2.19. The van der Waals surface area contributed by atoms with Crippen molar-refractivity contribution in [3.63, 3.8) is 0 Å². The summed E-state index contributed by atoms with van der Waals surface area (Å²) in [6, 6.07) is 0.654. The molecule has 0 saturated carbocycles. The SMILES string of the molecule is OCC(O)c1cc(C(F)(F)F)n[nH]1. The van der Waals surface area contributed by atoms with Crippen molar-refractivity contribution in [3.8, 4) is 0 Å². The zero-order valence-corrected chi connectivity index (χ0v) is 6.34. The minimum atomic E-state index is -4.54. The molecular formula is C6H7F3N2O2. The van der Waals surface area contributed by atoms with Gasteiger partial charge < -0.3 is 10.2 Å². The van der Waals surface area contributed by atoms with E-state index in [1.54, 1.807) is 0 Å². The van der Waals surface area contributed by atoms with Gasteiger partial charge in [-0.05, 0) is 6.07 Å². The van der Waals surface area contributed by atoms with Crippen molar-refractivity contribution < 1.29 is 23.4 Å². The maximum Gasteiger partial charge on any atom is 0.435 e. The van der Waals surface area contributed by atoms with Crippen LogP contribution < -0.4 is 0 Å². The number of aromatic amines is 1. The number of aromatic nitrogens is 2. The van der Waals surface area contributed by atoms with E-state index in [0.717, 1.165) is 0 Å². The Balaban J connectivity index is 2.87. The first-order valence-corrected chi connectivity index (χ1v) is 3.36. The summed E-state index contributed by atoms with van der Waals surface area (Å²) in [5, 5.41) is 22.3. The molecule has 7 heteroatoms. The molecule has 1 unspecified atom stereocenters. The summed E-state index contributed by atoms with van der Waals surface area (Å²) in [7, 11) is 0. The average Bonchev–Trinajstić information content (AvgIpc) is 2.50. The Kier molecular flexibility index (Phi) is 2.58. The van der Waals surface area contributed by atoms with E-state index in [1.165, 1.54) is 0 Å². The number of hydrogen-bond donors (Lipinski definition) is 3. The number of aliphatic hydroxyl groups is 2. The fourth-order valence-electron chi connectivity index (χ4n) is 0.751. The Labute approximate surface area is 71.0 Å². The van der Waals surface area contributed by atoms with Gasteiger partial charge in [-0.25, -0.2) is 0 Å². The third-order valence-corrected chi connectivity index (χ3v) is 1.42. The summed E-state index contributed by atoms with van der Waals surface area (Å²) in [5.74, 6) is 0. The second kappa shape index (κ2) is 3.35. The molecule has 1 rings (SSSR count). The van der Waals surface area contributed by atoms with Crippen LogP contribution in [-0.4, -0.2) is 27.0 Å². The van der Waals surface area contributed by atoms with Crippen molar-refractivity contribution in [1.82, 2.24) is 10.2 Å². The highest BCUT2D eigenvalue weighted by atomic mass is 19.4. The van der Waals surface area contributed by atoms with Gasteiger partial charge in [-0.15, -0.1) is 0 Å². The number of aliphatic hydroxyl groups excluding tert-OH is 2. The van der Waals surface area contributed by atoms with Gasteiger partial charge in [0, 0.05) is 0 Å². The Bertz CT molecular complexity index is 284. The molecule has 0 amide bonds. The Morgan fingerprint density at radius 1 is 1.54 bits per heavy atom. The summed E-state index contributed by atoms with van der Waals surface area (Å²) in [5.41, 5.74) is -1.27. The molecule has 0 bridgehead atoms. The summed E-state index contributed by atoms with van der Waals surface area (Å²) in [4.78, 5) is 0. The van der Waals surface area contributed by atoms with Gasteiger partial charge in [-0.3, -0.25) is 5.10 Å². The molecule has 3 N–H and O–H groups in total. The van der Waals surface area contributed by atoms with E-state index in [9.17, 15) is 13.2 Å². The summed E-state index contributed by atoms with van der Waals surface area (Å²) in [6.45, 7) is -0.653. The number of nitrogens with zero attached hydrogens (tertiary/aromatic N) is 1. The Morgan fingerprint density at radius 2 is 2.15 bits per heavy atom. The van der Waals surface area contributed by atoms with Crippen LogP contribution in [0.3, 0.4) is 0 Å². The number of nitrogens with one attached hydrogen (secondary N) is 1. The van der Waals surface area contributed by atoms with Gasteiger partial charge in [0.05, 0.1) is 12.3 Å². The monoisotopic (exact) mass is 196 g/mol. The zero-order valence-electron chi connectivity index (χ0n) is 6.34. The lowest BCUT2D eigenvalue weighted by atomic mass is 10.2. The lowest BCUT2D eigenvalue weighted by molar-refractivity contribution is -0.141. The molecule has 0 fully saturated rings. The summed E-state index contributed by atoms with van der Waals surface area (Å²) < 4.78 is 35.8. The molecule has 1 aromatic heterocycles. The van der Waals surface area contributed by atoms with Crippen LogP contribution in [-0.2, 0) is 6.18 Å². The lowest BCUT2D eigenvalue weighted by Crippen LogP contribution is -2.05. The van der Waals surface area contributed by atoms with E-state index in [1.807, 2.05) is 5.10 Å². The maximum atomic E-state index is 11.9. The fourth-order valence-corrected chi connectivity index (χ4v) is 0.751. The van der Waals surface area contributed by atoms with Gasteiger partial charge >= 0.3 is 6.18 Å². The van der Waals surface area contributed by atoms with Crippen molar-refractivity contribution in [3.05, 3.63) is 17.5 Å². The fraction of sp³-hybridized carbons (Fsp3) is 0.500. The number of H-pyrrole nitrogens is 1. The van der Waals surface area contributed by atoms with Gasteiger partial charge in [0.15, 0.2) is 5.69 Å². The van der Waals surface area contributed by atoms with Crippen molar-refractivity contribution >= 4 is 0 Å². The zero-order chi connectivity index (χ0) is 10.1. The second-order valence-electron chi connectivity index (χ2n) is 2.40. The van der Waals surface area contributed by atoms with Gasteiger partial charge in [0.2, 0.25) is 0 Å². The molecule has 0 saturated heterocycles. The molecular weight excluding hydrogens is 189 g/mol. The normalized spacial score (nSPS) is 14.5. The Hall–Kier alpha value is -1.08. The van der Waals surface area contributed by atoms with Crippen LogP contribution in [0.2, 0.25) is 0 Å². The molecule has 1 heterocycles. The van der Waals surface area contributed by atoms with Crippen LogP contribution in [0, 0.1) is 0 Å². The third-order valence-electron chi connectivity index (χ3n) is 1.42.